The smallest absolute Gasteiger partial charge is 0.227 e. The fourth-order valence-corrected chi connectivity index (χ4v) is 3.01. The lowest BCUT2D eigenvalue weighted by atomic mass is 9.93. The summed E-state index contributed by atoms with van der Waals surface area (Å²) in [6, 6.07) is 0.376. The quantitative estimate of drug-likeness (QED) is 0.793. The van der Waals surface area contributed by atoms with E-state index in [1.807, 2.05) is 0 Å². The molecule has 0 radical (unpaired) electrons. The molecule has 5 heteroatoms. The van der Waals surface area contributed by atoms with Gasteiger partial charge in [0.1, 0.15) is 0 Å². The van der Waals surface area contributed by atoms with E-state index in [2.05, 4.69) is 31.4 Å². The number of carbonyl (C=O) groups excluding carboxylic acids is 1. The molecule has 2 aliphatic heterocycles. The van der Waals surface area contributed by atoms with Crippen molar-refractivity contribution in [1.82, 2.24) is 10.6 Å². The van der Waals surface area contributed by atoms with E-state index in [1.54, 1.807) is 0 Å². The molecule has 2 aliphatic rings. The van der Waals surface area contributed by atoms with Gasteiger partial charge in [-0.1, -0.05) is 6.92 Å². The molecule has 5 nitrogen and oxygen atoms in total. The molecule has 116 valence electrons. The summed E-state index contributed by atoms with van der Waals surface area (Å²) < 4.78 is 11.2. The zero-order valence-electron chi connectivity index (χ0n) is 12.9. The zero-order chi connectivity index (χ0) is 14.6. The molecular weight excluding hydrogens is 256 g/mol. The average Bonchev–Trinajstić information content (AvgIpc) is 2.83. The second-order valence-electron chi connectivity index (χ2n) is 6.51. The van der Waals surface area contributed by atoms with Crippen molar-refractivity contribution in [2.24, 2.45) is 5.92 Å². The van der Waals surface area contributed by atoms with E-state index in [0.29, 0.717) is 13.2 Å². The number of carbonyl (C=O) groups is 1. The highest BCUT2D eigenvalue weighted by Crippen LogP contribution is 2.24. The molecule has 3 unspecified atom stereocenters. The van der Waals surface area contributed by atoms with Gasteiger partial charge in [-0.25, -0.2) is 0 Å². The predicted molar refractivity (Wildman–Crippen MR) is 77.6 cm³/mol. The fraction of sp³-hybridized carbons (Fsp3) is 0.933. The maximum absolute atomic E-state index is 12.4. The molecule has 2 fully saturated rings. The Labute approximate surface area is 121 Å². The van der Waals surface area contributed by atoms with Crippen LogP contribution in [-0.2, 0) is 14.3 Å². The van der Waals surface area contributed by atoms with Crippen LogP contribution in [0.1, 0.15) is 40.0 Å². The van der Waals surface area contributed by atoms with Gasteiger partial charge >= 0.3 is 0 Å². The molecule has 0 aromatic carbocycles. The van der Waals surface area contributed by atoms with Gasteiger partial charge in [-0.15, -0.1) is 0 Å². The Balaban J connectivity index is 1.84. The van der Waals surface area contributed by atoms with Crippen LogP contribution in [0.5, 0.6) is 0 Å². The molecule has 0 bridgehead atoms. The first-order valence-corrected chi connectivity index (χ1v) is 7.77. The maximum Gasteiger partial charge on any atom is 0.227 e. The minimum absolute atomic E-state index is 0.0625. The third-order valence-electron chi connectivity index (χ3n) is 4.12. The number of ether oxygens (including phenoxy) is 2. The highest BCUT2D eigenvalue weighted by molar-refractivity contribution is 5.80. The minimum Gasteiger partial charge on any atom is -0.379 e. The van der Waals surface area contributed by atoms with E-state index in [9.17, 15) is 4.79 Å². The summed E-state index contributed by atoms with van der Waals surface area (Å²) in [4.78, 5) is 12.4. The zero-order valence-corrected chi connectivity index (χ0v) is 12.9. The van der Waals surface area contributed by atoms with Gasteiger partial charge in [-0.3, -0.25) is 4.79 Å². The van der Waals surface area contributed by atoms with Gasteiger partial charge in [-0.05, 0) is 39.7 Å². The van der Waals surface area contributed by atoms with Crippen LogP contribution in [0, 0.1) is 5.92 Å². The van der Waals surface area contributed by atoms with Crippen LogP contribution in [0.3, 0.4) is 0 Å². The summed E-state index contributed by atoms with van der Waals surface area (Å²) in [7, 11) is 0. The lowest BCUT2D eigenvalue weighted by Crippen LogP contribution is -2.50. The molecule has 0 spiro atoms. The molecule has 0 saturated carbocycles. The van der Waals surface area contributed by atoms with Gasteiger partial charge in [0.2, 0.25) is 5.91 Å². The van der Waals surface area contributed by atoms with E-state index in [4.69, 9.17) is 9.47 Å². The number of rotatable bonds is 5. The van der Waals surface area contributed by atoms with Crippen molar-refractivity contribution in [3.05, 3.63) is 0 Å². The van der Waals surface area contributed by atoms with E-state index in [-0.39, 0.29) is 29.5 Å². The molecule has 2 N–H and O–H groups in total. The SMILES string of the molecule is CCCNC1COCC1C(=O)NC1CCOC(C)(C)C1. The molecule has 3 atom stereocenters. The molecule has 20 heavy (non-hydrogen) atoms. The molecule has 0 aromatic heterocycles. The number of nitrogens with one attached hydrogen (secondary N) is 2. The Morgan fingerprint density at radius 2 is 2.15 bits per heavy atom. The standard InChI is InChI=1S/C15H28N2O3/c1-4-6-16-13-10-19-9-12(13)14(18)17-11-5-7-20-15(2,3)8-11/h11-13,16H,4-10H2,1-3H3,(H,17,18). The van der Waals surface area contributed by atoms with Gasteiger partial charge in [0.05, 0.1) is 24.7 Å². The van der Waals surface area contributed by atoms with Crippen LogP contribution < -0.4 is 10.6 Å². The second kappa shape index (κ2) is 6.87. The van der Waals surface area contributed by atoms with Gasteiger partial charge in [0, 0.05) is 18.7 Å². The van der Waals surface area contributed by atoms with Gasteiger partial charge in [0.15, 0.2) is 0 Å². The van der Waals surface area contributed by atoms with Crippen molar-refractivity contribution in [3.63, 3.8) is 0 Å². The summed E-state index contributed by atoms with van der Waals surface area (Å²) in [6.45, 7) is 9.10. The average molecular weight is 284 g/mol. The Morgan fingerprint density at radius 1 is 1.35 bits per heavy atom. The van der Waals surface area contributed by atoms with Crippen LogP contribution in [0.25, 0.3) is 0 Å². The topological polar surface area (TPSA) is 59.6 Å². The van der Waals surface area contributed by atoms with Crippen molar-refractivity contribution in [2.45, 2.75) is 57.7 Å². The number of amides is 1. The van der Waals surface area contributed by atoms with E-state index in [0.717, 1.165) is 32.4 Å². The minimum atomic E-state index is -0.137. The first-order chi connectivity index (χ1) is 9.52. The van der Waals surface area contributed by atoms with Crippen molar-refractivity contribution in [1.29, 1.82) is 0 Å². The molecule has 0 aliphatic carbocycles. The largest absolute Gasteiger partial charge is 0.379 e. The van der Waals surface area contributed by atoms with Crippen LogP contribution in [0.15, 0.2) is 0 Å². The molecule has 2 rings (SSSR count). The Hall–Kier alpha value is -0.650. The summed E-state index contributed by atoms with van der Waals surface area (Å²) in [5, 5.41) is 6.59. The van der Waals surface area contributed by atoms with Gasteiger partial charge < -0.3 is 20.1 Å². The molecule has 2 heterocycles. The lowest BCUT2D eigenvalue weighted by Gasteiger charge is -2.36. The highest BCUT2D eigenvalue weighted by Gasteiger charge is 2.36. The summed E-state index contributed by atoms with van der Waals surface area (Å²) >= 11 is 0. The number of hydrogen-bond donors (Lipinski definition) is 2. The van der Waals surface area contributed by atoms with E-state index >= 15 is 0 Å². The van der Waals surface area contributed by atoms with Crippen LogP contribution >= 0.6 is 0 Å². The van der Waals surface area contributed by atoms with Crippen molar-refractivity contribution < 1.29 is 14.3 Å². The second-order valence-corrected chi connectivity index (χ2v) is 6.51. The third kappa shape index (κ3) is 4.17. The normalized spacial score (nSPS) is 33.0. The van der Waals surface area contributed by atoms with E-state index in [1.165, 1.54) is 0 Å². The first-order valence-electron chi connectivity index (χ1n) is 7.77. The Bertz CT molecular complexity index is 333. The van der Waals surface area contributed by atoms with Crippen molar-refractivity contribution >= 4 is 5.91 Å². The summed E-state index contributed by atoms with van der Waals surface area (Å²) in [6.07, 6.45) is 2.84. The summed E-state index contributed by atoms with van der Waals surface area (Å²) in [5.41, 5.74) is -0.137. The summed E-state index contributed by atoms with van der Waals surface area (Å²) in [5.74, 6) is 0.0614. The number of hydrogen-bond acceptors (Lipinski definition) is 4. The first kappa shape index (κ1) is 15.7. The Kier molecular flexibility index (Phi) is 5.41. The molecule has 1 amide bonds. The van der Waals surface area contributed by atoms with Crippen molar-refractivity contribution in [2.75, 3.05) is 26.4 Å². The molecular formula is C15H28N2O3. The van der Waals surface area contributed by atoms with Crippen LogP contribution in [-0.4, -0.2) is 50.0 Å². The third-order valence-corrected chi connectivity index (χ3v) is 4.12. The monoisotopic (exact) mass is 284 g/mol. The Morgan fingerprint density at radius 3 is 2.85 bits per heavy atom. The van der Waals surface area contributed by atoms with E-state index < -0.39 is 0 Å². The van der Waals surface area contributed by atoms with Crippen LogP contribution in [0.2, 0.25) is 0 Å². The molecule has 2 saturated heterocycles. The molecule has 0 aromatic rings. The lowest BCUT2D eigenvalue weighted by molar-refractivity contribution is -0.128. The predicted octanol–water partition coefficient (Wildman–Crippen LogP) is 1.07. The highest BCUT2D eigenvalue weighted by atomic mass is 16.5. The maximum atomic E-state index is 12.4. The van der Waals surface area contributed by atoms with Gasteiger partial charge in [-0.2, -0.15) is 0 Å². The van der Waals surface area contributed by atoms with Crippen molar-refractivity contribution in [3.8, 4) is 0 Å². The fourth-order valence-electron chi connectivity index (χ4n) is 3.01. The van der Waals surface area contributed by atoms with Crippen LogP contribution in [0.4, 0.5) is 0 Å². The van der Waals surface area contributed by atoms with Gasteiger partial charge in [0.25, 0.3) is 0 Å².